The molecule has 0 aliphatic heterocycles. The number of carboxylic acids is 1. The minimum absolute atomic E-state index is 0.833. The van der Waals surface area contributed by atoms with Crippen molar-refractivity contribution in [3.63, 3.8) is 0 Å². The van der Waals surface area contributed by atoms with Gasteiger partial charge in [-0.3, -0.25) is 9.78 Å². The number of carboxylic acid groups (broad SMARTS) is 1. The highest BCUT2D eigenvalue weighted by atomic mass is 17.5. The minimum atomic E-state index is -0.981. The fourth-order valence-electron chi connectivity index (χ4n) is 0.152. The van der Waals surface area contributed by atoms with E-state index in [9.17, 15) is 14.4 Å². The molecule has 0 rings (SSSR count). The van der Waals surface area contributed by atoms with Gasteiger partial charge in [-0.2, -0.15) is 0 Å². The summed E-state index contributed by atoms with van der Waals surface area (Å²) in [7, 11) is 0. The summed E-state index contributed by atoms with van der Waals surface area (Å²) in [6.07, 6.45) is 2.53. The number of rotatable bonds is 5. The van der Waals surface area contributed by atoms with E-state index in [1.807, 2.05) is 0 Å². The number of carbonyl (C=O) groups is 3. The second-order valence-electron chi connectivity index (χ2n) is 1.82. The molecule has 0 bridgehead atoms. The lowest BCUT2D eigenvalue weighted by molar-refractivity contribution is -0.455. The molecule has 0 aliphatic rings. The van der Waals surface area contributed by atoms with E-state index in [0.29, 0.717) is 0 Å². The van der Waals surface area contributed by atoms with E-state index in [1.54, 1.807) is 0 Å². The predicted octanol–water partition coefficient (Wildman–Crippen LogP) is 0.548. The first-order valence-corrected chi connectivity index (χ1v) is 3.67. The molecule has 0 aliphatic carbocycles. The molecule has 0 amide bonds. The molecule has 7 heteroatoms. The summed E-state index contributed by atoms with van der Waals surface area (Å²) in [6.45, 7) is 9.09. The number of hydrogen-bond donors (Lipinski definition) is 1. The van der Waals surface area contributed by atoms with E-state index < -0.39 is 17.9 Å². The van der Waals surface area contributed by atoms with Crippen molar-refractivity contribution in [3.05, 3.63) is 38.0 Å². The third kappa shape index (κ3) is 14.1. The fraction of sp³-hybridized carbons (Fsp3) is 0. The topological polar surface area (TPSA) is 99.1 Å². The Bertz CT molecular complexity index is 272. The molecule has 0 radical (unpaired) electrons. The molecule has 0 atom stereocenters. The second kappa shape index (κ2) is 10.7. The zero-order valence-corrected chi connectivity index (χ0v) is 8.25. The summed E-state index contributed by atoms with van der Waals surface area (Å²) < 4.78 is 0. The van der Waals surface area contributed by atoms with Crippen LogP contribution >= 0.6 is 0 Å². The second-order valence-corrected chi connectivity index (χ2v) is 1.82. The van der Waals surface area contributed by atoms with E-state index in [4.69, 9.17) is 5.11 Å². The lowest BCUT2D eigenvalue weighted by Gasteiger charge is -1.95. The third-order valence-electron chi connectivity index (χ3n) is 0.740. The van der Waals surface area contributed by atoms with Gasteiger partial charge in [-0.05, 0) is 0 Å². The predicted molar refractivity (Wildman–Crippen MR) is 51.5 cm³/mol. The quantitative estimate of drug-likeness (QED) is 0.418. The van der Waals surface area contributed by atoms with Crippen molar-refractivity contribution < 1.29 is 34.3 Å². The molecule has 0 unspecified atom stereocenters. The van der Waals surface area contributed by atoms with Gasteiger partial charge in [0.15, 0.2) is 0 Å². The maximum absolute atomic E-state index is 10.2. The Kier molecular flexibility index (Phi) is 10.7. The highest BCUT2D eigenvalue weighted by Gasteiger charge is 2.00. The van der Waals surface area contributed by atoms with Crippen LogP contribution in [-0.2, 0) is 29.2 Å². The molecule has 16 heavy (non-hydrogen) atoms. The van der Waals surface area contributed by atoms with Crippen molar-refractivity contribution in [1.29, 1.82) is 0 Å². The Balaban J connectivity index is 0. The van der Waals surface area contributed by atoms with Crippen LogP contribution in [0, 0.1) is 0 Å². The molecule has 1 N–H and O–H groups in total. The molecule has 0 saturated heterocycles. The number of aliphatic carboxylic acids is 1. The van der Waals surface area contributed by atoms with Gasteiger partial charge in [0.1, 0.15) is 0 Å². The van der Waals surface area contributed by atoms with Crippen molar-refractivity contribution >= 4 is 17.9 Å². The smallest absolute Gasteiger partial charge is 0.369 e. The summed E-state index contributed by atoms with van der Waals surface area (Å²) in [6, 6.07) is 0. The molecule has 0 heterocycles. The van der Waals surface area contributed by atoms with Gasteiger partial charge in [0.25, 0.3) is 0 Å². The molecule has 0 fully saturated rings. The number of carbonyl (C=O) groups excluding carboxylic acids is 2. The van der Waals surface area contributed by atoms with Crippen LogP contribution < -0.4 is 0 Å². The molecular formula is C9H10O7. The van der Waals surface area contributed by atoms with Gasteiger partial charge in [0.05, 0.1) is 0 Å². The van der Waals surface area contributed by atoms with Gasteiger partial charge in [-0.15, -0.1) is 0 Å². The molecule has 7 nitrogen and oxygen atoms in total. The van der Waals surface area contributed by atoms with E-state index >= 15 is 0 Å². The first kappa shape index (κ1) is 16.0. The van der Waals surface area contributed by atoms with Gasteiger partial charge in [0.2, 0.25) is 0 Å². The van der Waals surface area contributed by atoms with Crippen molar-refractivity contribution in [2.45, 2.75) is 0 Å². The highest BCUT2D eigenvalue weighted by molar-refractivity contribution is 5.81. The van der Waals surface area contributed by atoms with Crippen molar-refractivity contribution in [1.82, 2.24) is 0 Å². The van der Waals surface area contributed by atoms with Gasteiger partial charge in [-0.25, -0.2) is 14.4 Å². The molecule has 0 aromatic carbocycles. The largest absolute Gasteiger partial charge is 0.478 e. The Hall–Kier alpha value is -2.41. The normalized spacial score (nSPS) is 7.50. The fourth-order valence-corrected chi connectivity index (χ4v) is 0.152. The summed E-state index contributed by atoms with van der Waals surface area (Å²) >= 11 is 0. The maximum atomic E-state index is 10.2. The van der Waals surface area contributed by atoms with E-state index in [1.165, 1.54) is 0 Å². The van der Waals surface area contributed by atoms with E-state index in [0.717, 1.165) is 18.2 Å². The molecule has 88 valence electrons. The van der Waals surface area contributed by atoms with Gasteiger partial charge < -0.3 is 5.11 Å². The van der Waals surface area contributed by atoms with Gasteiger partial charge in [0, 0.05) is 23.3 Å². The van der Waals surface area contributed by atoms with Crippen LogP contribution in [0.15, 0.2) is 38.0 Å². The van der Waals surface area contributed by atoms with Crippen LogP contribution in [0.4, 0.5) is 0 Å². The maximum Gasteiger partial charge on any atom is 0.369 e. The summed E-state index contributed by atoms with van der Waals surface area (Å²) in [5.74, 6) is -2.70. The third-order valence-corrected chi connectivity index (χ3v) is 0.740. The molecule has 0 spiro atoms. The van der Waals surface area contributed by atoms with Crippen molar-refractivity contribution in [3.8, 4) is 0 Å². The summed E-state index contributed by atoms with van der Waals surface area (Å²) in [5.41, 5.74) is 0. The van der Waals surface area contributed by atoms with Crippen LogP contribution in [-0.4, -0.2) is 23.0 Å². The van der Waals surface area contributed by atoms with Crippen LogP contribution in [0.5, 0.6) is 0 Å². The van der Waals surface area contributed by atoms with Crippen LogP contribution in [0.1, 0.15) is 0 Å². The average Bonchev–Trinajstić information content (AvgIpc) is 2.29. The molecular weight excluding hydrogens is 220 g/mol. The van der Waals surface area contributed by atoms with Crippen LogP contribution in [0.3, 0.4) is 0 Å². The zero-order valence-electron chi connectivity index (χ0n) is 8.25. The monoisotopic (exact) mass is 230 g/mol. The number of hydrogen-bond acceptors (Lipinski definition) is 6. The lowest BCUT2D eigenvalue weighted by Crippen LogP contribution is -2.06. The Morgan fingerprint density at radius 2 is 1.19 bits per heavy atom. The Labute approximate surface area is 91.1 Å². The van der Waals surface area contributed by atoms with E-state index in [2.05, 4.69) is 34.6 Å². The zero-order chi connectivity index (χ0) is 13.0. The highest BCUT2D eigenvalue weighted by Crippen LogP contribution is 1.85. The Morgan fingerprint density at radius 1 is 0.875 bits per heavy atom. The molecule has 0 saturated carbocycles. The minimum Gasteiger partial charge on any atom is -0.478 e. The van der Waals surface area contributed by atoms with Gasteiger partial charge in [-0.1, -0.05) is 19.7 Å². The molecule has 0 aromatic rings. The van der Waals surface area contributed by atoms with Gasteiger partial charge >= 0.3 is 17.9 Å². The van der Waals surface area contributed by atoms with Crippen molar-refractivity contribution in [2.75, 3.05) is 0 Å². The Morgan fingerprint density at radius 3 is 1.38 bits per heavy atom. The van der Waals surface area contributed by atoms with E-state index in [-0.39, 0.29) is 0 Å². The van der Waals surface area contributed by atoms with Crippen LogP contribution in [0.25, 0.3) is 0 Å². The average molecular weight is 230 g/mol. The lowest BCUT2D eigenvalue weighted by atomic mass is 10.7. The first-order chi connectivity index (χ1) is 7.47. The van der Waals surface area contributed by atoms with Crippen LogP contribution in [0.2, 0.25) is 0 Å². The summed E-state index contributed by atoms with van der Waals surface area (Å²) in [4.78, 5) is 37.3. The first-order valence-electron chi connectivity index (χ1n) is 3.67. The van der Waals surface area contributed by atoms with Crippen molar-refractivity contribution in [2.24, 2.45) is 0 Å². The standard InChI is InChI=1S/C6H6O5.C3H4O2/c1-3-5(7)9-11-10-6(8)4-2;1-2-3(4)5/h3-4H,1-2H2;2H,1H2,(H,4,5). The SMILES string of the molecule is C=CC(=O)O.C=CC(=O)OOOC(=O)C=C. The summed E-state index contributed by atoms with van der Waals surface area (Å²) in [5, 5.41) is 11.3. The molecule has 0 aromatic heterocycles.